The van der Waals surface area contributed by atoms with E-state index in [0.717, 1.165) is 15.8 Å². The van der Waals surface area contributed by atoms with Gasteiger partial charge in [0, 0.05) is 17.1 Å². The molecule has 2 aromatic carbocycles. The van der Waals surface area contributed by atoms with Gasteiger partial charge in [-0.2, -0.15) is 0 Å². The van der Waals surface area contributed by atoms with Gasteiger partial charge in [-0.05, 0) is 54.1 Å². The van der Waals surface area contributed by atoms with Crippen LogP contribution in [0, 0.1) is 5.82 Å². The Bertz CT molecular complexity index is 1560. The molecule has 0 N–H and O–H groups in total. The van der Waals surface area contributed by atoms with Crippen molar-refractivity contribution in [3.63, 3.8) is 0 Å². The molecule has 0 radical (unpaired) electrons. The number of benzene rings is 2. The van der Waals surface area contributed by atoms with E-state index in [-0.39, 0.29) is 29.5 Å². The largest absolute Gasteiger partial charge is 0.497 e. The fourth-order valence-corrected chi connectivity index (χ4v) is 5.47. The molecule has 170 valence electrons. The summed E-state index contributed by atoms with van der Waals surface area (Å²) in [6.07, 6.45) is 1.68. The van der Waals surface area contributed by atoms with Gasteiger partial charge in [0.1, 0.15) is 21.1 Å². The zero-order valence-corrected chi connectivity index (χ0v) is 19.7. The van der Waals surface area contributed by atoms with E-state index in [9.17, 15) is 14.0 Å². The van der Waals surface area contributed by atoms with Gasteiger partial charge in [-0.1, -0.05) is 23.9 Å². The average molecular weight is 492 g/mol. The van der Waals surface area contributed by atoms with Gasteiger partial charge in [-0.25, -0.2) is 14.4 Å². The van der Waals surface area contributed by atoms with Crippen LogP contribution in [-0.2, 0) is 6.54 Å². The first-order valence-electron chi connectivity index (χ1n) is 10.4. The molecule has 0 saturated heterocycles. The summed E-state index contributed by atoms with van der Waals surface area (Å²) in [5.74, 6) is 0.336. The average Bonchev–Trinajstić information content (AvgIpc) is 3.24. The molecule has 0 bridgehead atoms. The molecule has 0 aliphatic heterocycles. The normalized spacial score (nSPS) is 11.2. The predicted octanol–water partition coefficient (Wildman–Crippen LogP) is 5.18. The molecule has 0 spiro atoms. The lowest BCUT2D eigenvalue weighted by Gasteiger charge is -2.12. The lowest BCUT2D eigenvalue weighted by atomic mass is 10.1. The van der Waals surface area contributed by atoms with Crippen LogP contribution in [0.5, 0.6) is 5.75 Å². The van der Waals surface area contributed by atoms with Crippen molar-refractivity contribution < 1.29 is 13.9 Å². The molecular formula is C25H18FN3O3S2. The second-order valence-electron chi connectivity index (χ2n) is 7.49. The number of thiophene rings is 1. The second kappa shape index (κ2) is 9.36. The van der Waals surface area contributed by atoms with Crippen molar-refractivity contribution in [2.24, 2.45) is 0 Å². The summed E-state index contributed by atoms with van der Waals surface area (Å²) in [5.41, 5.74) is 1.67. The Hall–Kier alpha value is -3.56. The number of aromatic nitrogens is 3. The third kappa shape index (κ3) is 4.32. The minimum Gasteiger partial charge on any atom is -0.497 e. The molecule has 0 unspecified atom stereocenters. The number of carbonyl (C=O) groups excluding carboxylic acids is 1. The number of rotatable bonds is 7. The van der Waals surface area contributed by atoms with Gasteiger partial charge >= 0.3 is 0 Å². The van der Waals surface area contributed by atoms with Crippen LogP contribution in [0.1, 0.15) is 15.9 Å². The fourth-order valence-electron chi connectivity index (χ4n) is 3.55. The van der Waals surface area contributed by atoms with E-state index >= 15 is 0 Å². The van der Waals surface area contributed by atoms with E-state index in [0.29, 0.717) is 26.7 Å². The number of ketones is 1. The molecule has 0 atom stereocenters. The third-order valence-electron chi connectivity index (χ3n) is 5.32. The van der Waals surface area contributed by atoms with E-state index in [1.165, 1.54) is 39.8 Å². The fraction of sp³-hybridized carbons (Fsp3) is 0.120. The molecule has 9 heteroatoms. The van der Waals surface area contributed by atoms with Crippen molar-refractivity contribution >= 4 is 49.3 Å². The number of Topliss-reactive ketones (excluding diaryl/α,β-unsaturated/α-hetero) is 1. The maximum Gasteiger partial charge on any atom is 0.272 e. The van der Waals surface area contributed by atoms with Gasteiger partial charge < -0.3 is 4.74 Å². The van der Waals surface area contributed by atoms with E-state index < -0.39 is 0 Å². The Morgan fingerprint density at radius 3 is 2.62 bits per heavy atom. The molecule has 0 aliphatic carbocycles. The first-order valence-corrected chi connectivity index (χ1v) is 12.2. The van der Waals surface area contributed by atoms with Gasteiger partial charge in [0.15, 0.2) is 10.9 Å². The zero-order valence-electron chi connectivity index (χ0n) is 18.0. The maximum atomic E-state index is 13.5. The Balaban J connectivity index is 1.54. The summed E-state index contributed by atoms with van der Waals surface area (Å²) in [6.45, 7) is 0.211. The summed E-state index contributed by atoms with van der Waals surface area (Å²) in [5, 5.41) is 1.23. The molecule has 0 amide bonds. The van der Waals surface area contributed by atoms with Gasteiger partial charge in [-0.15, -0.1) is 11.3 Å². The van der Waals surface area contributed by atoms with E-state index in [1.807, 2.05) is 6.07 Å². The SMILES string of the molecule is COc1ccc(C(=O)CSc2nc3c(sc4ncccc43)c(=O)n2Cc2ccc(F)cc2)cc1. The number of halogens is 1. The minimum atomic E-state index is -0.347. The topological polar surface area (TPSA) is 74.1 Å². The second-order valence-corrected chi connectivity index (χ2v) is 9.43. The van der Waals surface area contributed by atoms with Gasteiger partial charge in [0.2, 0.25) is 0 Å². The highest BCUT2D eigenvalue weighted by Crippen LogP contribution is 2.31. The maximum absolute atomic E-state index is 13.5. The molecular weight excluding hydrogens is 473 g/mol. The summed E-state index contributed by atoms with van der Waals surface area (Å²) in [6, 6.07) is 16.6. The van der Waals surface area contributed by atoms with Crippen LogP contribution in [0.2, 0.25) is 0 Å². The van der Waals surface area contributed by atoms with Gasteiger partial charge in [0.25, 0.3) is 5.56 Å². The van der Waals surface area contributed by atoms with Crippen molar-refractivity contribution in [3.05, 3.63) is 94.2 Å². The number of nitrogens with zero attached hydrogens (tertiary/aromatic N) is 3. The van der Waals surface area contributed by atoms with Crippen LogP contribution >= 0.6 is 23.1 Å². The van der Waals surface area contributed by atoms with Crippen LogP contribution in [0.4, 0.5) is 4.39 Å². The van der Waals surface area contributed by atoms with E-state index in [2.05, 4.69) is 4.98 Å². The lowest BCUT2D eigenvalue weighted by Crippen LogP contribution is -2.23. The zero-order chi connectivity index (χ0) is 23.7. The van der Waals surface area contributed by atoms with Crippen molar-refractivity contribution in [1.82, 2.24) is 14.5 Å². The molecule has 6 nitrogen and oxygen atoms in total. The molecule has 0 aliphatic rings. The molecule has 3 heterocycles. The van der Waals surface area contributed by atoms with E-state index in [1.54, 1.807) is 55.8 Å². The summed E-state index contributed by atoms with van der Waals surface area (Å²) in [4.78, 5) is 36.2. The highest BCUT2D eigenvalue weighted by atomic mass is 32.2. The van der Waals surface area contributed by atoms with Crippen LogP contribution in [0.25, 0.3) is 20.4 Å². The molecule has 34 heavy (non-hydrogen) atoms. The summed E-state index contributed by atoms with van der Waals surface area (Å²) < 4.78 is 20.6. The Kier molecular flexibility index (Phi) is 6.12. The highest BCUT2D eigenvalue weighted by molar-refractivity contribution is 7.99. The van der Waals surface area contributed by atoms with Gasteiger partial charge in [-0.3, -0.25) is 14.2 Å². The summed E-state index contributed by atoms with van der Waals surface area (Å²) >= 11 is 2.50. The Morgan fingerprint density at radius 2 is 1.88 bits per heavy atom. The summed E-state index contributed by atoms with van der Waals surface area (Å²) in [7, 11) is 1.57. The smallest absolute Gasteiger partial charge is 0.272 e. The number of fused-ring (bicyclic) bond motifs is 3. The minimum absolute atomic E-state index is 0.0906. The molecule has 0 saturated carbocycles. The number of pyridine rings is 1. The quantitative estimate of drug-likeness (QED) is 0.178. The van der Waals surface area contributed by atoms with E-state index in [4.69, 9.17) is 9.72 Å². The number of carbonyl (C=O) groups is 1. The third-order valence-corrected chi connectivity index (χ3v) is 7.38. The number of hydrogen-bond donors (Lipinski definition) is 0. The van der Waals surface area contributed by atoms with Crippen LogP contribution < -0.4 is 10.3 Å². The van der Waals surface area contributed by atoms with Crippen LogP contribution in [0.15, 0.2) is 76.8 Å². The lowest BCUT2D eigenvalue weighted by molar-refractivity contribution is 0.102. The Morgan fingerprint density at radius 1 is 1.12 bits per heavy atom. The van der Waals surface area contributed by atoms with Gasteiger partial charge in [0.05, 0.1) is 24.9 Å². The highest BCUT2D eigenvalue weighted by Gasteiger charge is 2.18. The van der Waals surface area contributed by atoms with Crippen LogP contribution in [-0.4, -0.2) is 33.2 Å². The number of methoxy groups -OCH3 is 1. The first kappa shape index (κ1) is 22.2. The molecule has 0 fully saturated rings. The predicted molar refractivity (Wildman–Crippen MR) is 133 cm³/mol. The van der Waals surface area contributed by atoms with Crippen molar-refractivity contribution in [2.75, 3.05) is 12.9 Å². The number of thioether (sulfide) groups is 1. The number of hydrogen-bond acceptors (Lipinski definition) is 7. The molecule has 5 rings (SSSR count). The van der Waals surface area contributed by atoms with Crippen molar-refractivity contribution in [1.29, 1.82) is 0 Å². The standard InChI is InChI=1S/C25H18FN3O3S2/c1-32-18-10-6-16(7-11-18)20(30)14-33-25-28-21-19-3-2-12-27-23(19)34-22(21)24(31)29(25)13-15-4-8-17(26)9-5-15/h2-12H,13-14H2,1H3. The molecule has 5 aromatic rings. The van der Waals surface area contributed by atoms with Crippen LogP contribution in [0.3, 0.4) is 0 Å². The molecule has 3 aromatic heterocycles. The van der Waals surface area contributed by atoms with Crippen molar-refractivity contribution in [3.8, 4) is 5.75 Å². The monoisotopic (exact) mass is 491 g/mol. The Labute approximate surface area is 202 Å². The first-order chi connectivity index (χ1) is 16.5. The number of ether oxygens (including phenoxy) is 1. The van der Waals surface area contributed by atoms with Crippen molar-refractivity contribution in [2.45, 2.75) is 11.7 Å².